The highest BCUT2D eigenvalue weighted by atomic mass is 16.2. The Morgan fingerprint density at radius 3 is 2.30 bits per heavy atom. The van der Waals surface area contributed by atoms with Crippen molar-refractivity contribution in [2.24, 2.45) is 5.92 Å². The first-order chi connectivity index (χ1) is 9.56. The molecule has 0 unspecified atom stereocenters. The van der Waals surface area contributed by atoms with Crippen LogP contribution in [0.1, 0.15) is 26.7 Å². The Hall–Kier alpha value is -2.37. The minimum absolute atomic E-state index is 0.0526. The summed E-state index contributed by atoms with van der Waals surface area (Å²) < 4.78 is 0. The molecule has 6 nitrogen and oxygen atoms in total. The number of H-pyrrole nitrogens is 2. The van der Waals surface area contributed by atoms with Crippen molar-refractivity contribution in [3.8, 4) is 0 Å². The predicted molar refractivity (Wildman–Crippen MR) is 77.9 cm³/mol. The fraction of sp³-hybridized carbons (Fsp3) is 0.357. The number of aromatic amines is 2. The second kappa shape index (κ2) is 5.73. The van der Waals surface area contributed by atoms with Gasteiger partial charge in [-0.15, -0.1) is 0 Å². The van der Waals surface area contributed by atoms with Gasteiger partial charge in [0.2, 0.25) is 5.91 Å². The van der Waals surface area contributed by atoms with Gasteiger partial charge in [0, 0.05) is 11.6 Å². The van der Waals surface area contributed by atoms with E-state index < -0.39 is 5.56 Å². The van der Waals surface area contributed by atoms with Gasteiger partial charge in [0.1, 0.15) is 0 Å². The van der Waals surface area contributed by atoms with E-state index in [-0.39, 0.29) is 22.8 Å². The van der Waals surface area contributed by atoms with E-state index in [4.69, 9.17) is 0 Å². The maximum absolute atomic E-state index is 12.0. The van der Waals surface area contributed by atoms with Crippen molar-refractivity contribution in [1.82, 2.24) is 10.2 Å². The van der Waals surface area contributed by atoms with Gasteiger partial charge in [-0.25, -0.2) is 0 Å². The molecular weight excluding hydrogens is 258 g/mol. The molecule has 2 aromatic rings. The number of hydrogen-bond acceptors (Lipinski definition) is 3. The molecule has 0 atom stereocenters. The van der Waals surface area contributed by atoms with E-state index in [0.29, 0.717) is 11.1 Å². The lowest BCUT2D eigenvalue weighted by molar-refractivity contribution is -0.120. The van der Waals surface area contributed by atoms with Crippen LogP contribution in [0.2, 0.25) is 0 Å². The largest absolute Gasteiger partial charge is 0.326 e. The third kappa shape index (κ3) is 2.64. The Balaban J connectivity index is 2.38. The highest BCUT2D eigenvalue weighted by Crippen LogP contribution is 2.16. The van der Waals surface area contributed by atoms with E-state index in [1.807, 2.05) is 13.8 Å². The fourth-order valence-corrected chi connectivity index (χ4v) is 2.16. The molecule has 3 N–H and O–H groups in total. The summed E-state index contributed by atoms with van der Waals surface area (Å²) in [7, 11) is 0. The standard InChI is InChI=1S/C14H17N3O3/c1-3-8(4-2)12(18)15-9-5-6-10-11(7-9)14(20)17-16-13(10)19/h5-8H,3-4H2,1-2H3,(H,15,18)(H,16,19)(H,17,20). The van der Waals surface area contributed by atoms with Gasteiger partial charge >= 0.3 is 0 Å². The molecule has 2 rings (SSSR count). The van der Waals surface area contributed by atoms with Gasteiger partial charge < -0.3 is 5.32 Å². The molecule has 0 saturated heterocycles. The molecule has 0 radical (unpaired) electrons. The average Bonchev–Trinajstić information content (AvgIpc) is 2.44. The van der Waals surface area contributed by atoms with Crippen LogP contribution in [-0.4, -0.2) is 16.1 Å². The average molecular weight is 275 g/mol. The van der Waals surface area contributed by atoms with E-state index in [0.717, 1.165) is 12.8 Å². The van der Waals surface area contributed by atoms with Gasteiger partial charge in [-0.05, 0) is 31.0 Å². The highest BCUT2D eigenvalue weighted by molar-refractivity contribution is 5.95. The molecule has 1 amide bonds. The molecule has 6 heteroatoms. The summed E-state index contributed by atoms with van der Waals surface area (Å²) in [6.45, 7) is 3.91. The van der Waals surface area contributed by atoms with Crippen molar-refractivity contribution in [3.63, 3.8) is 0 Å². The summed E-state index contributed by atoms with van der Waals surface area (Å²) in [6.07, 6.45) is 1.52. The smallest absolute Gasteiger partial charge is 0.270 e. The third-order valence-corrected chi connectivity index (χ3v) is 3.42. The fourth-order valence-electron chi connectivity index (χ4n) is 2.16. The van der Waals surface area contributed by atoms with Crippen LogP contribution in [0.25, 0.3) is 10.8 Å². The zero-order valence-corrected chi connectivity index (χ0v) is 11.4. The number of carbonyl (C=O) groups is 1. The summed E-state index contributed by atoms with van der Waals surface area (Å²) in [5, 5.41) is 7.86. The summed E-state index contributed by atoms with van der Waals surface area (Å²) in [4.78, 5) is 35.2. The van der Waals surface area contributed by atoms with E-state index in [2.05, 4.69) is 15.5 Å². The number of nitrogens with one attached hydrogen (secondary N) is 3. The number of amides is 1. The maximum atomic E-state index is 12.0. The number of fused-ring (bicyclic) bond motifs is 1. The lowest BCUT2D eigenvalue weighted by atomic mass is 10.0. The van der Waals surface area contributed by atoms with Gasteiger partial charge in [0.25, 0.3) is 11.1 Å². The van der Waals surface area contributed by atoms with Crippen molar-refractivity contribution in [3.05, 3.63) is 38.9 Å². The van der Waals surface area contributed by atoms with Crippen molar-refractivity contribution >= 4 is 22.4 Å². The monoisotopic (exact) mass is 275 g/mol. The van der Waals surface area contributed by atoms with Gasteiger partial charge in [-0.3, -0.25) is 24.6 Å². The van der Waals surface area contributed by atoms with Crippen LogP contribution in [0.4, 0.5) is 5.69 Å². The molecule has 0 aliphatic carbocycles. The topological polar surface area (TPSA) is 94.8 Å². The molecule has 1 aromatic heterocycles. The van der Waals surface area contributed by atoms with Crippen LogP contribution >= 0.6 is 0 Å². The lowest BCUT2D eigenvalue weighted by Gasteiger charge is -2.12. The number of aromatic nitrogens is 2. The van der Waals surface area contributed by atoms with Crippen LogP contribution < -0.4 is 16.4 Å². The summed E-state index contributed by atoms with van der Waals surface area (Å²) in [6, 6.07) is 4.67. The Labute approximate surface area is 115 Å². The minimum Gasteiger partial charge on any atom is -0.326 e. The first-order valence-electron chi connectivity index (χ1n) is 6.62. The van der Waals surface area contributed by atoms with Gasteiger partial charge in [-0.2, -0.15) is 0 Å². The molecule has 0 aliphatic heterocycles. The van der Waals surface area contributed by atoms with Gasteiger partial charge in [-0.1, -0.05) is 13.8 Å². The first-order valence-corrected chi connectivity index (χ1v) is 6.62. The summed E-state index contributed by atoms with van der Waals surface area (Å²) in [5.74, 6) is -0.126. The Morgan fingerprint density at radius 1 is 1.10 bits per heavy atom. The summed E-state index contributed by atoms with van der Waals surface area (Å²) in [5.41, 5.74) is -0.235. The van der Waals surface area contributed by atoms with E-state index in [9.17, 15) is 14.4 Å². The number of benzene rings is 1. The first kappa shape index (κ1) is 14.0. The molecule has 106 valence electrons. The molecule has 0 saturated carbocycles. The Morgan fingerprint density at radius 2 is 1.70 bits per heavy atom. The predicted octanol–water partition coefficient (Wildman–Crippen LogP) is 1.59. The van der Waals surface area contributed by atoms with Crippen molar-refractivity contribution < 1.29 is 4.79 Å². The molecule has 1 heterocycles. The molecular formula is C14H17N3O3. The minimum atomic E-state index is -0.391. The molecule has 20 heavy (non-hydrogen) atoms. The van der Waals surface area contributed by atoms with Crippen molar-refractivity contribution in [2.75, 3.05) is 5.32 Å². The molecule has 0 bridgehead atoms. The molecule has 0 spiro atoms. The number of hydrogen-bond donors (Lipinski definition) is 3. The molecule has 0 fully saturated rings. The van der Waals surface area contributed by atoms with E-state index in [1.54, 1.807) is 6.07 Å². The maximum Gasteiger partial charge on any atom is 0.270 e. The molecule has 1 aromatic carbocycles. The van der Waals surface area contributed by atoms with Crippen molar-refractivity contribution in [1.29, 1.82) is 0 Å². The number of carbonyl (C=O) groups excluding carboxylic acids is 1. The highest BCUT2D eigenvalue weighted by Gasteiger charge is 2.14. The summed E-state index contributed by atoms with van der Waals surface area (Å²) >= 11 is 0. The lowest BCUT2D eigenvalue weighted by Crippen LogP contribution is -2.22. The molecule has 0 aliphatic rings. The van der Waals surface area contributed by atoms with Gasteiger partial charge in [0.15, 0.2) is 0 Å². The van der Waals surface area contributed by atoms with Gasteiger partial charge in [0.05, 0.1) is 10.8 Å². The SMILES string of the molecule is CCC(CC)C(=O)Nc1ccc2c(=O)[nH][nH]c(=O)c2c1. The van der Waals surface area contributed by atoms with Crippen molar-refractivity contribution in [2.45, 2.75) is 26.7 Å². The second-order valence-electron chi connectivity index (χ2n) is 4.67. The van der Waals surface area contributed by atoms with Crippen LogP contribution in [0, 0.1) is 5.92 Å². The quantitative estimate of drug-likeness (QED) is 0.790. The van der Waals surface area contributed by atoms with Crippen LogP contribution in [-0.2, 0) is 4.79 Å². The van der Waals surface area contributed by atoms with Crippen LogP contribution in [0.15, 0.2) is 27.8 Å². The normalized spacial score (nSPS) is 10.9. The van der Waals surface area contributed by atoms with E-state index >= 15 is 0 Å². The van der Waals surface area contributed by atoms with Crippen LogP contribution in [0.5, 0.6) is 0 Å². The zero-order chi connectivity index (χ0) is 14.7. The van der Waals surface area contributed by atoms with E-state index in [1.165, 1.54) is 12.1 Å². The number of rotatable bonds is 4. The zero-order valence-electron chi connectivity index (χ0n) is 11.4. The second-order valence-corrected chi connectivity index (χ2v) is 4.67. The Bertz CT molecular complexity index is 741. The van der Waals surface area contributed by atoms with Crippen LogP contribution in [0.3, 0.4) is 0 Å². The Kier molecular flexibility index (Phi) is 4.02. The third-order valence-electron chi connectivity index (χ3n) is 3.42. The number of anilines is 1.